The van der Waals surface area contributed by atoms with Crippen molar-refractivity contribution in [2.24, 2.45) is 0 Å². The van der Waals surface area contributed by atoms with Gasteiger partial charge in [-0.2, -0.15) is 0 Å². The van der Waals surface area contributed by atoms with Gasteiger partial charge >= 0.3 is 0 Å². The molecule has 0 spiro atoms. The smallest absolute Gasteiger partial charge is 0.266 e. The molecule has 0 radical (unpaired) electrons. The summed E-state index contributed by atoms with van der Waals surface area (Å²) in [5.74, 6) is 0.640. The zero-order valence-electron chi connectivity index (χ0n) is 15.4. The van der Waals surface area contributed by atoms with Crippen molar-refractivity contribution in [1.29, 1.82) is 0 Å². The third kappa shape index (κ3) is 4.27. The summed E-state index contributed by atoms with van der Waals surface area (Å²) in [6.45, 7) is 1.90. The van der Waals surface area contributed by atoms with Crippen LogP contribution in [0.5, 0.6) is 5.75 Å². The molecule has 0 N–H and O–H groups in total. The summed E-state index contributed by atoms with van der Waals surface area (Å²) in [6, 6.07) is 19.2. The number of aryl methyl sites for hydroxylation is 1. The maximum Gasteiger partial charge on any atom is 0.266 e. The summed E-state index contributed by atoms with van der Waals surface area (Å²) >= 11 is 12.3. The Labute approximate surface area is 175 Å². The molecule has 0 heterocycles. The topological polar surface area (TPSA) is 46.6 Å². The molecule has 146 valence electrons. The Morgan fingerprint density at radius 3 is 2.18 bits per heavy atom. The van der Waals surface area contributed by atoms with Gasteiger partial charge in [-0.3, -0.25) is 4.31 Å². The molecule has 0 saturated heterocycles. The number of benzene rings is 3. The van der Waals surface area contributed by atoms with Gasteiger partial charge in [0.2, 0.25) is 0 Å². The molecule has 4 nitrogen and oxygen atoms in total. The Morgan fingerprint density at radius 1 is 0.929 bits per heavy atom. The van der Waals surface area contributed by atoms with Crippen molar-refractivity contribution >= 4 is 38.9 Å². The van der Waals surface area contributed by atoms with E-state index in [1.54, 1.807) is 38.3 Å². The summed E-state index contributed by atoms with van der Waals surface area (Å²) < 4.78 is 33.6. The van der Waals surface area contributed by atoms with Crippen molar-refractivity contribution < 1.29 is 13.2 Å². The minimum Gasteiger partial charge on any atom is -0.497 e. The van der Waals surface area contributed by atoms with Crippen molar-refractivity contribution in [3.05, 3.63) is 87.9 Å². The first-order valence-electron chi connectivity index (χ1n) is 8.49. The normalized spacial score (nSPS) is 11.3. The van der Waals surface area contributed by atoms with Crippen LogP contribution in [0.15, 0.2) is 71.6 Å². The van der Waals surface area contributed by atoms with Crippen molar-refractivity contribution in [2.45, 2.75) is 18.4 Å². The zero-order chi connectivity index (χ0) is 20.3. The molecule has 7 heteroatoms. The summed E-state index contributed by atoms with van der Waals surface area (Å²) in [5.41, 5.74) is 2.00. The highest BCUT2D eigenvalue weighted by atomic mass is 35.5. The van der Waals surface area contributed by atoms with Crippen molar-refractivity contribution in [3.63, 3.8) is 0 Å². The molecule has 0 bridgehead atoms. The monoisotopic (exact) mass is 435 g/mol. The third-order valence-corrected chi connectivity index (χ3v) is 6.96. The Morgan fingerprint density at radius 2 is 1.57 bits per heavy atom. The number of hydrogen-bond acceptors (Lipinski definition) is 3. The van der Waals surface area contributed by atoms with E-state index in [9.17, 15) is 8.42 Å². The molecule has 0 atom stereocenters. The van der Waals surface area contributed by atoms with Crippen LogP contribution in [0.3, 0.4) is 0 Å². The molecule has 0 aromatic heterocycles. The molecular formula is C21H19Cl2NO3S. The van der Waals surface area contributed by atoms with Gasteiger partial charge in [0.15, 0.2) is 0 Å². The number of ether oxygens (including phenoxy) is 1. The number of rotatable bonds is 6. The van der Waals surface area contributed by atoms with E-state index in [0.29, 0.717) is 22.0 Å². The van der Waals surface area contributed by atoms with E-state index in [1.165, 1.54) is 16.4 Å². The molecule has 0 aliphatic carbocycles. The summed E-state index contributed by atoms with van der Waals surface area (Å²) in [4.78, 5) is 0.0165. The Bertz CT molecular complexity index is 1070. The van der Waals surface area contributed by atoms with Gasteiger partial charge in [-0.1, -0.05) is 53.5 Å². The van der Waals surface area contributed by atoms with Gasteiger partial charge in [0.1, 0.15) is 10.6 Å². The Balaban J connectivity index is 2.12. The predicted molar refractivity (Wildman–Crippen MR) is 114 cm³/mol. The van der Waals surface area contributed by atoms with E-state index in [2.05, 4.69) is 0 Å². The number of anilines is 1. The lowest BCUT2D eigenvalue weighted by Gasteiger charge is -2.25. The summed E-state index contributed by atoms with van der Waals surface area (Å²) in [6.07, 6.45) is 0. The molecule has 3 aromatic rings. The van der Waals surface area contributed by atoms with E-state index < -0.39 is 10.0 Å². The maximum atomic E-state index is 13.5. The number of nitrogens with zero attached hydrogens (tertiary/aromatic N) is 1. The van der Waals surface area contributed by atoms with Crippen molar-refractivity contribution in [2.75, 3.05) is 11.4 Å². The number of methoxy groups -OCH3 is 1. The van der Waals surface area contributed by atoms with Crippen molar-refractivity contribution in [3.8, 4) is 5.75 Å². The Hall–Kier alpha value is -2.21. The summed E-state index contributed by atoms with van der Waals surface area (Å²) in [7, 11) is -2.38. The van der Waals surface area contributed by atoms with Gasteiger partial charge in [0, 0.05) is 5.02 Å². The predicted octanol–water partition coefficient (Wildman–Crippen LogP) is 5.71. The Kier molecular flexibility index (Phi) is 6.18. The highest BCUT2D eigenvalue weighted by Gasteiger charge is 2.28. The maximum absolute atomic E-state index is 13.5. The van der Waals surface area contributed by atoms with Gasteiger partial charge < -0.3 is 4.74 Å². The highest BCUT2D eigenvalue weighted by molar-refractivity contribution is 7.93. The molecule has 0 unspecified atom stereocenters. The second-order valence-corrected chi connectivity index (χ2v) is 8.87. The lowest BCUT2D eigenvalue weighted by Crippen LogP contribution is -2.30. The average molecular weight is 436 g/mol. The van der Waals surface area contributed by atoms with E-state index in [0.717, 1.165) is 5.56 Å². The fourth-order valence-corrected chi connectivity index (χ4v) is 5.02. The number of sulfonamides is 1. The number of hydrogen-bond donors (Lipinski definition) is 0. The first kappa shape index (κ1) is 20.5. The zero-order valence-corrected chi connectivity index (χ0v) is 17.7. The van der Waals surface area contributed by atoms with Crippen LogP contribution in [0.1, 0.15) is 11.1 Å². The SMILES string of the molecule is COc1ccc(N(Cc2ccccc2)S(=O)(=O)c2cc(C)c(Cl)cc2Cl)cc1. The average Bonchev–Trinajstić information content (AvgIpc) is 2.69. The van der Waals surface area contributed by atoms with Gasteiger partial charge in [0.05, 0.1) is 24.4 Å². The fourth-order valence-electron chi connectivity index (χ4n) is 2.76. The van der Waals surface area contributed by atoms with Crippen LogP contribution in [0.4, 0.5) is 5.69 Å². The minimum absolute atomic E-state index is 0.0165. The largest absolute Gasteiger partial charge is 0.497 e. The van der Waals surface area contributed by atoms with Crippen LogP contribution in [0.25, 0.3) is 0 Å². The minimum atomic E-state index is -3.94. The van der Waals surface area contributed by atoms with E-state index in [-0.39, 0.29) is 16.5 Å². The van der Waals surface area contributed by atoms with Gasteiger partial charge in [0.25, 0.3) is 10.0 Å². The molecule has 0 aliphatic rings. The van der Waals surface area contributed by atoms with Crippen molar-refractivity contribution in [1.82, 2.24) is 0 Å². The highest BCUT2D eigenvalue weighted by Crippen LogP contribution is 2.33. The van der Waals surface area contributed by atoms with E-state index in [4.69, 9.17) is 27.9 Å². The fraction of sp³-hybridized carbons (Fsp3) is 0.143. The van der Waals surface area contributed by atoms with Crippen LogP contribution in [-0.4, -0.2) is 15.5 Å². The first-order valence-corrected chi connectivity index (χ1v) is 10.7. The van der Waals surface area contributed by atoms with Crippen LogP contribution in [-0.2, 0) is 16.6 Å². The molecule has 3 aromatic carbocycles. The van der Waals surface area contributed by atoms with Crippen LogP contribution < -0.4 is 9.04 Å². The molecule has 0 aliphatic heterocycles. The molecule has 0 saturated carbocycles. The van der Waals surface area contributed by atoms with E-state index in [1.807, 2.05) is 30.3 Å². The van der Waals surface area contributed by atoms with Crippen LogP contribution in [0.2, 0.25) is 10.0 Å². The molecule has 0 amide bonds. The standard InChI is InChI=1S/C21H19Cl2NO3S/c1-15-12-21(20(23)13-19(15)22)28(25,26)24(14-16-6-4-3-5-7-16)17-8-10-18(27-2)11-9-17/h3-13H,14H2,1-2H3. The third-order valence-electron chi connectivity index (χ3n) is 4.31. The van der Waals surface area contributed by atoms with Gasteiger partial charge in [-0.25, -0.2) is 8.42 Å². The van der Waals surface area contributed by atoms with Gasteiger partial charge in [-0.15, -0.1) is 0 Å². The number of halogens is 2. The second kappa shape index (κ2) is 8.43. The van der Waals surface area contributed by atoms with Gasteiger partial charge in [-0.05, 0) is 54.4 Å². The lowest BCUT2D eigenvalue weighted by molar-refractivity contribution is 0.415. The van der Waals surface area contributed by atoms with Crippen LogP contribution >= 0.6 is 23.2 Å². The van der Waals surface area contributed by atoms with E-state index >= 15 is 0 Å². The summed E-state index contributed by atoms with van der Waals surface area (Å²) in [5, 5.41) is 0.505. The molecule has 28 heavy (non-hydrogen) atoms. The molecule has 3 rings (SSSR count). The quantitative estimate of drug-likeness (QED) is 0.498. The van der Waals surface area contributed by atoms with Crippen LogP contribution in [0, 0.1) is 6.92 Å². The first-order chi connectivity index (χ1) is 13.3. The molecular weight excluding hydrogens is 417 g/mol. The molecule has 0 fully saturated rings. The second-order valence-electron chi connectivity index (χ2n) is 6.23. The lowest BCUT2D eigenvalue weighted by atomic mass is 10.2.